The zero-order valence-electron chi connectivity index (χ0n) is 60.1. The number of fused-ring (bicyclic) bond motifs is 6. The molecule has 0 aliphatic heterocycles. The maximum absolute atomic E-state index is 2.54. The second-order valence-corrected chi connectivity index (χ2v) is 32.3. The number of hydrogen-bond donors (Lipinski definition) is 0. The van der Waals surface area contributed by atoms with Crippen LogP contribution >= 0.6 is 0 Å². The normalized spacial score (nSPS) is 23.2. The van der Waals surface area contributed by atoms with E-state index in [0.717, 1.165) is 81.5 Å². The molecule has 2 spiro atoms. The Kier molecular flexibility index (Phi) is 15.4. The van der Waals surface area contributed by atoms with Crippen molar-refractivity contribution in [3.8, 4) is 89.0 Å². The summed E-state index contributed by atoms with van der Waals surface area (Å²) >= 11 is 0. The average Bonchev–Trinajstić information content (AvgIpc) is 1.51. The predicted molar refractivity (Wildman–Crippen MR) is 441 cm³/mol. The topological polar surface area (TPSA) is 6.48 Å². The highest BCUT2D eigenvalue weighted by atomic mass is 15.1. The highest BCUT2D eigenvalue weighted by Gasteiger charge is 2.63. The minimum atomic E-state index is 0.213. The van der Waals surface area contributed by atoms with Crippen molar-refractivity contribution >= 4 is 34.1 Å². The molecule has 512 valence electrons. The Bertz CT molecular complexity index is 5430. The lowest BCUT2D eigenvalue weighted by Crippen LogP contribution is -2.55. The summed E-state index contributed by atoms with van der Waals surface area (Å²) < 4.78 is 0. The zero-order valence-corrected chi connectivity index (χ0v) is 60.1. The summed E-state index contributed by atoms with van der Waals surface area (Å²) in [7, 11) is 0. The summed E-state index contributed by atoms with van der Waals surface area (Å²) in [5, 5.41) is 0. The second-order valence-electron chi connectivity index (χ2n) is 32.3. The molecule has 14 aromatic rings. The summed E-state index contributed by atoms with van der Waals surface area (Å²) in [6.45, 7) is 0. The van der Waals surface area contributed by atoms with Crippen LogP contribution in [0.5, 0.6) is 0 Å². The number of para-hydroxylation sites is 1. The number of rotatable bonds is 12. The average molecular weight is 1360 g/mol. The van der Waals surface area contributed by atoms with E-state index >= 15 is 0 Å². The van der Waals surface area contributed by atoms with E-state index in [4.69, 9.17) is 0 Å². The maximum Gasteiger partial charge on any atom is 0.0540 e. The van der Waals surface area contributed by atoms with E-state index in [2.05, 4.69) is 362 Å². The molecule has 10 aliphatic carbocycles. The quantitative estimate of drug-likeness (QED) is 0.120. The van der Waals surface area contributed by atoms with Gasteiger partial charge in [-0.2, -0.15) is 0 Å². The van der Waals surface area contributed by atoms with Crippen molar-refractivity contribution < 1.29 is 0 Å². The fourth-order valence-electron chi connectivity index (χ4n) is 23.0. The van der Waals surface area contributed by atoms with Gasteiger partial charge in [-0.3, -0.25) is 0 Å². The van der Waals surface area contributed by atoms with Crippen molar-refractivity contribution in [2.45, 2.75) is 75.0 Å². The number of benzene rings is 14. The van der Waals surface area contributed by atoms with E-state index in [1.165, 1.54) is 153 Å². The van der Waals surface area contributed by atoms with Gasteiger partial charge in [-0.15, -0.1) is 0 Å². The van der Waals surface area contributed by atoms with E-state index in [0.29, 0.717) is 0 Å². The van der Waals surface area contributed by atoms with Gasteiger partial charge in [0.2, 0.25) is 0 Å². The lowest BCUT2D eigenvalue weighted by molar-refractivity contribution is -0.0399. The highest BCUT2D eigenvalue weighted by Crippen LogP contribution is 2.71. The SMILES string of the molecule is c1ccc(-c2ccc(N(c3ccc(-c4ccc5c(c4)-c4ccccc4C54C5CC6CC(C5)CC4C6)cc3)c3ccccc3-c3ccccc3)cc2)cc1.c1ccc(-c2ccc(N(c3ccc(-c4ccccc4)cc3)c3ccc(-c4ccc5c(c4)-c4ccccc4C54C5CC6CC(C5)CC4C6)cc3)cc2)cc1. The van der Waals surface area contributed by atoms with Gasteiger partial charge in [0, 0.05) is 44.8 Å². The lowest BCUT2D eigenvalue weighted by Gasteiger charge is -2.61. The third-order valence-electron chi connectivity index (χ3n) is 27.0. The van der Waals surface area contributed by atoms with Gasteiger partial charge in [0.1, 0.15) is 0 Å². The van der Waals surface area contributed by atoms with Crippen molar-refractivity contribution in [2.75, 3.05) is 9.80 Å². The Labute approximate surface area is 625 Å². The fourth-order valence-corrected chi connectivity index (χ4v) is 23.0. The fraction of sp³-hybridized carbons (Fsp3) is 0.192. The minimum Gasteiger partial charge on any atom is -0.311 e. The molecular weight excluding hydrogens is 1280 g/mol. The van der Waals surface area contributed by atoms with Crippen LogP contribution < -0.4 is 9.80 Å². The minimum absolute atomic E-state index is 0.213. The first kappa shape index (κ1) is 63.2. The molecule has 0 atom stereocenters. The van der Waals surface area contributed by atoms with Gasteiger partial charge < -0.3 is 9.80 Å². The van der Waals surface area contributed by atoms with Gasteiger partial charge in [0.15, 0.2) is 0 Å². The first-order chi connectivity index (χ1) is 52.5. The molecule has 0 heterocycles. The Morgan fingerprint density at radius 2 is 0.425 bits per heavy atom. The monoisotopic (exact) mass is 1360 g/mol. The van der Waals surface area contributed by atoms with E-state index in [1.54, 1.807) is 22.3 Å². The molecule has 0 N–H and O–H groups in total. The van der Waals surface area contributed by atoms with Crippen LogP contribution in [0.2, 0.25) is 0 Å². The van der Waals surface area contributed by atoms with Crippen LogP contribution in [0.25, 0.3) is 89.0 Å². The predicted octanol–water partition coefficient (Wildman–Crippen LogP) is 27.8. The molecule has 2 heteroatoms. The van der Waals surface area contributed by atoms with Gasteiger partial charge in [-0.05, 0) is 296 Å². The van der Waals surface area contributed by atoms with Crippen molar-refractivity contribution in [3.05, 3.63) is 374 Å². The largest absolute Gasteiger partial charge is 0.311 e. The Morgan fingerprint density at radius 3 is 0.764 bits per heavy atom. The molecule has 0 amide bonds. The van der Waals surface area contributed by atoms with Crippen molar-refractivity contribution in [1.29, 1.82) is 0 Å². The number of anilines is 6. The zero-order chi connectivity index (χ0) is 69.9. The first-order valence-electron chi connectivity index (χ1n) is 39.4. The molecule has 14 aromatic carbocycles. The van der Waals surface area contributed by atoms with Crippen LogP contribution in [0.1, 0.15) is 86.5 Å². The van der Waals surface area contributed by atoms with Crippen LogP contribution in [0.15, 0.2) is 352 Å². The Hall–Kier alpha value is -11.3. The Morgan fingerprint density at radius 1 is 0.179 bits per heavy atom. The van der Waals surface area contributed by atoms with Gasteiger partial charge in [0.25, 0.3) is 0 Å². The van der Waals surface area contributed by atoms with Gasteiger partial charge in [-0.1, -0.05) is 273 Å². The molecule has 8 bridgehead atoms. The van der Waals surface area contributed by atoms with Crippen molar-refractivity contribution in [3.63, 3.8) is 0 Å². The third kappa shape index (κ3) is 10.4. The number of hydrogen-bond acceptors (Lipinski definition) is 2. The summed E-state index contributed by atoms with van der Waals surface area (Å²) in [6.07, 6.45) is 14.3. The smallest absolute Gasteiger partial charge is 0.0540 e. The molecule has 0 unspecified atom stereocenters. The molecule has 106 heavy (non-hydrogen) atoms. The molecule has 8 fully saturated rings. The highest BCUT2D eigenvalue weighted by molar-refractivity contribution is 5.92. The summed E-state index contributed by atoms with van der Waals surface area (Å²) in [5.74, 6) is 6.99. The summed E-state index contributed by atoms with van der Waals surface area (Å²) in [4.78, 5) is 4.79. The molecule has 0 saturated heterocycles. The maximum atomic E-state index is 2.54. The molecule has 8 saturated carbocycles. The van der Waals surface area contributed by atoms with Crippen LogP contribution in [0, 0.1) is 47.3 Å². The van der Waals surface area contributed by atoms with Crippen LogP contribution in [-0.2, 0) is 10.8 Å². The molecule has 24 rings (SSSR count). The van der Waals surface area contributed by atoms with E-state index < -0.39 is 0 Å². The van der Waals surface area contributed by atoms with Crippen molar-refractivity contribution in [1.82, 2.24) is 0 Å². The molecule has 2 nitrogen and oxygen atoms in total. The van der Waals surface area contributed by atoms with Crippen LogP contribution in [0.3, 0.4) is 0 Å². The van der Waals surface area contributed by atoms with Gasteiger partial charge >= 0.3 is 0 Å². The Balaban J connectivity index is 0.000000136. The first-order valence-corrected chi connectivity index (χ1v) is 39.4. The van der Waals surface area contributed by atoms with E-state index in [9.17, 15) is 0 Å². The molecular formula is C104H86N2. The molecule has 0 aromatic heterocycles. The van der Waals surface area contributed by atoms with Crippen LogP contribution in [0.4, 0.5) is 34.1 Å². The third-order valence-corrected chi connectivity index (χ3v) is 27.0. The van der Waals surface area contributed by atoms with E-state index in [1.807, 2.05) is 0 Å². The van der Waals surface area contributed by atoms with Gasteiger partial charge in [-0.25, -0.2) is 0 Å². The standard InChI is InChI=1S/2C52H43N/c1-3-11-37(12-4-1)38-19-24-44(25-20-38)53(51-18-10-8-15-46(51)40-13-5-2-6-14-40)45-26-21-39(22-27-45)41-23-28-50-48(34-41)47-16-7-9-17-49(47)52(50)42-30-35-29-36(32-42)33-43(52)31-35;1-3-9-37(10-4-1)39-15-22-45(23-16-39)53(46-24-17-40(18-25-46)38-11-5-2-6-12-38)47-26-19-41(20-27-47)42-21-28-51-49(34-42)48-13-7-8-14-50(48)52(51)43-30-35-29-36(32-43)33-44(52)31-35/h1-28,34-36,42-43H,29-33H2;1-28,34-36,43-44H,29-33H2. The number of nitrogens with zero attached hydrogens (tertiary/aromatic N) is 2. The lowest BCUT2D eigenvalue weighted by atomic mass is 9.43. The van der Waals surface area contributed by atoms with E-state index in [-0.39, 0.29) is 10.8 Å². The van der Waals surface area contributed by atoms with Crippen molar-refractivity contribution in [2.24, 2.45) is 47.3 Å². The molecule has 10 aliphatic rings. The van der Waals surface area contributed by atoms with Crippen LogP contribution in [-0.4, -0.2) is 0 Å². The summed E-state index contributed by atoms with van der Waals surface area (Å²) in [6, 6.07) is 131. The van der Waals surface area contributed by atoms with Gasteiger partial charge in [0.05, 0.1) is 5.69 Å². The molecule has 0 radical (unpaired) electrons. The second kappa shape index (κ2) is 25.8. The summed E-state index contributed by atoms with van der Waals surface area (Å²) in [5.41, 5.74) is 34.6.